The molecule has 1 heterocycles. The van der Waals surface area contributed by atoms with Crippen LogP contribution in [0.3, 0.4) is 0 Å². The summed E-state index contributed by atoms with van der Waals surface area (Å²) in [7, 11) is 0. The molecule has 0 aromatic carbocycles. The summed E-state index contributed by atoms with van der Waals surface area (Å²) >= 11 is 0. The molecule has 1 aromatic rings. The minimum absolute atomic E-state index is 0.358. The molecule has 4 nitrogen and oxygen atoms in total. The molecule has 1 aromatic heterocycles. The van der Waals surface area contributed by atoms with E-state index < -0.39 is 5.91 Å². The predicted molar refractivity (Wildman–Crippen MR) is 39.0 cm³/mol. The third-order valence-corrected chi connectivity index (χ3v) is 1.78. The molecule has 1 aliphatic rings. The van der Waals surface area contributed by atoms with Gasteiger partial charge in [0.05, 0.1) is 6.04 Å². The number of rotatable bonds is 2. The fourth-order valence-electron chi connectivity index (χ4n) is 1.01. The van der Waals surface area contributed by atoms with E-state index in [0.717, 1.165) is 0 Å². The van der Waals surface area contributed by atoms with E-state index in [-0.39, 0.29) is 0 Å². The van der Waals surface area contributed by atoms with Crippen molar-refractivity contribution in [1.82, 2.24) is 9.78 Å². The first kappa shape index (κ1) is 6.39. The Labute approximate surface area is 64.0 Å². The van der Waals surface area contributed by atoms with E-state index in [9.17, 15) is 4.79 Å². The Bertz CT molecular complexity index is 288. The zero-order valence-corrected chi connectivity index (χ0v) is 6.03. The van der Waals surface area contributed by atoms with Crippen LogP contribution in [0.25, 0.3) is 0 Å². The highest BCUT2D eigenvalue weighted by atomic mass is 16.1. The minimum Gasteiger partial charge on any atom is -0.364 e. The molecule has 0 spiro atoms. The van der Waals surface area contributed by atoms with Gasteiger partial charge in [-0.15, -0.1) is 0 Å². The Kier molecular flexibility index (Phi) is 1.21. The maximum absolute atomic E-state index is 10.6. The summed E-state index contributed by atoms with van der Waals surface area (Å²) < 4.78 is 1.81. The number of aromatic nitrogens is 2. The molecule has 0 atom stereocenters. The zero-order valence-electron chi connectivity index (χ0n) is 6.03. The molecular weight excluding hydrogens is 142 g/mol. The van der Waals surface area contributed by atoms with Gasteiger partial charge in [0.15, 0.2) is 0 Å². The van der Waals surface area contributed by atoms with Gasteiger partial charge in [-0.25, -0.2) is 0 Å². The van der Waals surface area contributed by atoms with Gasteiger partial charge in [0, 0.05) is 6.20 Å². The first-order valence-corrected chi connectivity index (χ1v) is 3.62. The molecule has 4 heteroatoms. The van der Waals surface area contributed by atoms with Gasteiger partial charge in [-0.1, -0.05) is 0 Å². The van der Waals surface area contributed by atoms with Crippen molar-refractivity contribution in [1.29, 1.82) is 0 Å². The second kappa shape index (κ2) is 2.08. The summed E-state index contributed by atoms with van der Waals surface area (Å²) in [6.45, 7) is 0. The van der Waals surface area contributed by atoms with Crippen LogP contribution in [0.1, 0.15) is 29.4 Å². The van der Waals surface area contributed by atoms with E-state index in [0.29, 0.717) is 11.7 Å². The predicted octanol–water partition coefficient (Wildman–Crippen LogP) is 0.317. The van der Waals surface area contributed by atoms with Crippen LogP contribution in [0, 0.1) is 0 Å². The normalized spacial score (nSPS) is 16.7. The number of nitrogens with zero attached hydrogens (tertiary/aromatic N) is 2. The monoisotopic (exact) mass is 151 g/mol. The first-order valence-electron chi connectivity index (χ1n) is 3.62. The lowest BCUT2D eigenvalue weighted by atomic mass is 10.4. The third-order valence-electron chi connectivity index (χ3n) is 1.78. The summed E-state index contributed by atoms with van der Waals surface area (Å²) in [5.41, 5.74) is 5.39. The van der Waals surface area contributed by atoms with Crippen molar-refractivity contribution in [2.75, 3.05) is 0 Å². The molecule has 0 unspecified atom stereocenters. The van der Waals surface area contributed by atoms with E-state index in [1.807, 2.05) is 0 Å². The molecule has 1 fully saturated rings. The summed E-state index contributed by atoms with van der Waals surface area (Å²) in [4.78, 5) is 10.6. The smallest absolute Gasteiger partial charge is 0.269 e. The molecule has 58 valence electrons. The Balaban J connectivity index is 2.25. The number of hydrogen-bond donors (Lipinski definition) is 1. The van der Waals surface area contributed by atoms with E-state index >= 15 is 0 Å². The molecule has 0 radical (unpaired) electrons. The Morgan fingerprint density at radius 2 is 2.45 bits per heavy atom. The quantitative estimate of drug-likeness (QED) is 0.661. The van der Waals surface area contributed by atoms with Crippen molar-refractivity contribution in [2.24, 2.45) is 5.73 Å². The third kappa shape index (κ3) is 1.11. The van der Waals surface area contributed by atoms with E-state index in [1.54, 1.807) is 16.9 Å². The summed E-state index contributed by atoms with van der Waals surface area (Å²) in [6.07, 6.45) is 4.14. The highest BCUT2D eigenvalue weighted by Crippen LogP contribution is 2.33. The van der Waals surface area contributed by atoms with Crippen molar-refractivity contribution in [3.63, 3.8) is 0 Å². The van der Waals surface area contributed by atoms with Gasteiger partial charge in [0.1, 0.15) is 5.69 Å². The van der Waals surface area contributed by atoms with Gasteiger partial charge in [0.25, 0.3) is 5.91 Å². The Morgan fingerprint density at radius 1 is 1.73 bits per heavy atom. The number of nitrogens with two attached hydrogens (primary N) is 1. The van der Waals surface area contributed by atoms with Crippen LogP contribution >= 0.6 is 0 Å². The van der Waals surface area contributed by atoms with Gasteiger partial charge in [-0.2, -0.15) is 5.10 Å². The average Bonchev–Trinajstić information content (AvgIpc) is 2.68. The van der Waals surface area contributed by atoms with Gasteiger partial charge in [-0.05, 0) is 18.9 Å². The molecule has 0 saturated heterocycles. The number of primary amides is 1. The standard InChI is InChI=1S/C7H9N3O/c8-7(11)6-3-4-10(9-6)5-1-2-5/h3-5H,1-2H2,(H2,8,11). The lowest BCUT2D eigenvalue weighted by Crippen LogP contribution is -2.12. The molecule has 2 N–H and O–H groups in total. The summed E-state index contributed by atoms with van der Waals surface area (Å²) in [5, 5.41) is 4.01. The number of amides is 1. The fourth-order valence-corrected chi connectivity index (χ4v) is 1.01. The van der Waals surface area contributed by atoms with Crippen molar-refractivity contribution < 1.29 is 4.79 Å². The first-order chi connectivity index (χ1) is 5.27. The Hall–Kier alpha value is -1.32. The van der Waals surface area contributed by atoms with Crippen LogP contribution < -0.4 is 5.73 Å². The van der Waals surface area contributed by atoms with E-state index in [1.165, 1.54) is 12.8 Å². The molecule has 1 saturated carbocycles. The number of carbonyl (C=O) groups excluding carboxylic acids is 1. The lowest BCUT2D eigenvalue weighted by molar-refractivity contribution is 0.0995. The fraction of sp³-hybridized carbons (Fsp3) is 0.429. The molecule has 1 aliphatic carbocycles. The van der Waals surface area contributed by atoms with E-state index in [2.05, 4.69) is 5.10 Å². The molecule has 0 aliphatic heterocycles. The summed E-state index contributed by atoms with van der Waals surface area (Å²) in [6, 6.07) is 2.17. The van der Waals surface area contributed by atoms with Crippen molar-refractivity contribution in [3.8, 4) is 0 Å². The van der Waals surface area contributed by atoms with Crippen LogP contribution in [0.15, 0.2) is 12.3 Å². The Morgan fingerprint density at radius 3 is 2.91 bits per heavy atom. The molecule has 0 bridgehead atoms. The SMILES string of the molecule is NC(=O)c1ccn(C2CC2)n1. The zero-order chi connectivity index (χ0) is 7.84. The second-order valence-electron chi connectivity index (χ2n) is 2.78. The molecule has 11 heavy (non-hydrogen) atoms. The van der Waals surface area contributed by atoms with Gasteiger partial charge in [-0.3, -0.25) is 9.48 Å². The van der Waals surface area contributed by atoms with Crippen LogP contribution in [0.4, 0.5) is 0 Å². The number of carbonyl (C=O) groups is 1. The lowest BCUT2D eigenvalue weighted by Gasteiger charge is -1.93. The topological polar surface area (TPSA) is 60.9 Å². The maximum atomic E-state index is 10.6. The van der Waals surface area contributed by atoms with Crippen molar-refractivity contribution >= 4 is 5.91 Å². The largest absolute Gasteiger partial charge is 0.364 e. The maximum Gasteiger partial charge on any atom is 0.269 e. The van der Waals surface area contributed by atoms with Gasteiger partial charge in [0.2, 0.25) is 0 Å². The summed E-state index contributed by atoms with van der Waals surface area (Å²) in [5.74, 6) is -0.454. The second-order valence-corrected chi connectivity index (χ2v) is 2.78. The van der Waals surface area contributed by atoms with Crippen molar-refractivity contribution in [2.45, 2.75) is 18.9 Å². The van der Waals surface area contributed by atoms with Crippen LogP contribution in [0.2, 0.25) is 0 Å². The van der Waals surface area contributed by atoms with Crippen molar-refractivity contribution in [3.05, 3.63) is 18.0 Å². The molecule has 1 amide bonds. The highest BCUT2D eigenvalue weighted by Gasteiger charge is 2.24. The van der Waals surface area contributed by atoms with Crippen LogP contribution in [-0.4, -0.2) is 15.7 Å². The minimum atomic E-state index is -0.454. The number of hydrogen-bond acceptors (Lipinski definition) is 2. The highest BCUT2D eigenvalue weighted by molar-refractivity contribution is 5.90. The van der Waals surface area contributed by atoms with Gasteiger partial charge < -0.3 is 5.73 Å². The molecule has 2 rings (SSSR count). The van der Waals surface area contributed by atoms with Gasteiger partial charge >= 0.3 is 0 Å². The molecular formula is C7H9N3O. The van der Waals surface area contributed by atoms with Crippen LogP contribution in [-0.2, 0) is 0 Å². The average molecular weight is 151 g/mol. The van der Waals surface area contributed by atoms with E-state index in [4.69, 9.17) is 5.73 Å². The van der Waals surface area contributed by atoms with Crippen LogP contribution in [0.5, 0.6) is 0 Å².